The molecule has 1 aromatic carbocycles. The highest BCUT2D eigenvalue weighted by atomic mass is 79.9. The van der Waals surface area contributed by atoms with E-state index in [0.717, 1.165) is 14.5 Å². The molecule has 0 aromatic heterocycles. The fourth-order valence-electron chi connectivity index (χ4n) is 2.58. The first-order valence-electron chi connectivity index (χ1n) is 6.81. The van der Waals surface area contributed by atoms with E-state index in [-0.39, 0.29) is 6.04 Å². The van der Waals surface area contributed by atoms with Crippen molar-refractivity contribution in [3.63, 3.8) is 0 Å². The van der Waals surface area contributed by atoms with Crippen molar-refractivity contribution in [3.05, 3.63) is 32.7 Å². The van der Waals surface area contributed by atoms with Crippen molar-refractivity contribution in [2.75, 3.05) is 0 Å². The molecule has 0 bridgehead atoms. The third-order valence-corrected chi connectivity index (χ3v) is 5.54. The first-order valence-corrected chi connectivity index (χ1v) is 8.40. The molecule has 1 aromatic rings. The molecule has 1 aliphatic carbocycles. The molecule has 1 atom stereocenters. The van der Waals surface area contributed by atoms with E-state index in [1.165, 1.54) is 38.5 Å². The monoisotopic (exact) mass is 384 g/mol. The maximum Gasteiger partial charge on any atom is 0.121 e. The summed E-state index contributed by atoms with van der Waals surface area (Å²) in [6, 6.07) is 8.66. The van der Waals surface area contributed by atoms with E-state index in [1.54, 1.807) is 0 Å². The Bertz CT molecular complexity index is 460. The normalized spacial score (nSPS) is 18.6. The van der Waals surface area contributed by atoms with Crippen LogP contribution in [0, 0.1) is 11.3 Å². The number of hydrogen-bond acceptors (Lipinski definition) is 2. The second kappa shape index (κ2) is 7.42. The number of hydrogen-bond donors (Lipinski definition) is 1. The number of benzene rings is 1. The molecule has 0 aliphatic heterocycles. The highest BCUT2D eigenvalue weighted by Crippen LogP contribution is 2.27. The van der Waals surface area contributed by atoms with Crippen LogP contribution in [0.5, 0.6) is 0 Å². The number of nitrogens with one attached hydrogen (secondary N) is 1. The van der Waals surface area contributed by atoms with Crippen LogP contribution in [0.1, 0.15) is 50.1 Å². The second-order valence-electron chi connectivity index (χ2n) is 5.09. The molecule has 4 heteroatoms. The highest BCUT2D eigenvalue weighted by molar-refractivity contribution is 9.13. The molecule has 0 saturated heterocycles. The van der Waals surface area contributed by atoms with Gasteiger partial charge in [0, 0.05) is 15.0 Å². The summed E-state index contributed by atoms with van der Waals surface area (Å²) in [6.45, 7) is 0. The molecular formula is C15H18Br2N2. The molecule has 1 unspecified atom stereocenters. The lowest BCUT2D eigenvalue weighted by molar-refractivity contribution is 0.436. The van der Waals surface area contributed by atoms with E-state index < -0.39 is 0 Å². The van der Waals surface area contributed by atoms with Crippen molar-refractivity contribution < 1.29 is 0 Å². The van der Waals surface area contributed by atoms with Gasteiger partial charge in [-0.05, 0) is 62.4 Å². The SMILES string of the molecule is N#CC(NC1CCCCCC1)c1ccc(Br)c(Br)c1. The van der Waals surface area contributed by atoms with Gasteiger partial charge >= 0.3 is 0 Å². The molecule has 102 valence electrons. The summed E-state index contributed by atoms with van der Waals surface area (Å²) in [4.78, 5) is 0. The summed E-state index contributed by atoms with van der Waals surface area (Å²) < 4.78 is 2.01. The zero-order valence-electron chi connectivity index (χ0n) is 10.8. The second-order valence-corrected chi connectivity index (χ2v) is 6.80. The summed E-state index contributed by atoms with van der Waals surface area (Å²) in [6.07, 6.45) is 7.60. The first kappa shape index (κ1) is 15.0. The molecule has 0 radical (unpaired) electrons. The van der Waals surface area contributed by atoms with E-state index >= 15 is 0 Å². The van der Waals surface area contributed by atoms with E-state index in [0.29, 0.717) is 6.04 Å². The molecular weight excluding hydrogens is 368 g/mol. The van der Waals surface area contributed by atoms with Crippen molar-refractivity contribution in [3.8, 4) is 6.07 Å². The Hall–Kier alpha value is -0.370. The van der Waals surface area contributed by atoms with Gasteiger partial charge in [0.1, 0.15) is 6.04 Å². The van der Waals surface area contributed by atoms with Gasteiger partial charge in [-0.2, -0.15) is 5.26 Å². The van der Waals surface area contributed by atoms with Crippen molar-refractivity contribution in [1.82, 2.24) is 5.32 Å². The van der Waals surface area contributed by atoms with Gasteiger partial charge in [0.2, 0.25) is 0 Å². The topological polar surface area (TPSA) is 35.8 Å². The van der Waals surface area contributed by atoms with E-state index in [4.69, 9.17) is 0 Å². The number of nitrogens with zero attached hydrogens (tertiary/aromatic N) is 1. The Balaban J connectivity index is 2.06. The summed E-state index contributed by atoms with van der Waals surface area (Å²) in [7, 11) is 0. The summed E-state index contributed by atoms with van der Waals surface area (Å²) in [5.41, 5.74) is 1.03. The maximum absolute atomic E-state index is 9.40. The Labute approximate surface area is 131 Å². The predicted octanol–water partition coefficient (Wildman–Crippen LogP) is 5.09. The number of halogens is 2. The van der Waals surface area contributed by atoms with Crippen LogP contribution in [-0.4, -0.2) is 6.04 Å². The van der Waals surface area contributed by atoms with Gasteiger partial charge in [0.05, 0.1) is 6.07 Å². The Kier molecular flexibility index (Phi) is 5.87. The quantitative estimate of drug-likeness (QED) is 0.735. The zero-order chi connectivity index (χ0) is 13.7. The standard InChI is InChI=1S/C15H18Br2N2/c16-13-8-7-11(9-14(13)17)15(10-18)19-12-5-3-1-2-4-6-12/h7-9,12,15,19H,1-6H2. The van der Waals surface area contributed by atoms with E-state index in [2.05, 4.69) is 43.2 Å². The molecule has 1 aliphatic rings. The summed E-state index contributed by atoms with van der Waals surface area (Å²) >= 11 is 6.96. The largest absolute Gasteiger partial charge is 0.295 e. The summed E-state index contributed by atoms with van der Waals surface area (Å²) in [5, 5.41) is 12.9. The molecule has 1 N–H and O–H groups in total. The van der Waals surface area contributed by atoms with Gasteiger partial charge in [-0.1, -0.05) is 31.7 Å². The van der Waals surface area contributed by atoms with Crippen molar-refractivity contribution in [2.45, 2.75) is 50.6 Å². The van der Waals surface area contributed by atoms with Gasteiger partial charge in [0.25, 0.3) is 0 Å². The van der Waals surface area contributed by atoms with Crippen LogP contribution in [0.2, 0.25) is 0 Å². The van der Waals surface area contributed by atoms with Gasteiger partial charge in [0.15, 0.2) is 0 Å². The van der Waals surface area contributed by atoms with Crippen molar-refractivity contribution in [2.24, 2.45) is 0 Å². The number of rotatable bonds is 3. The third kappa shape index (κ3) is 4.30. The van der Waals surface area contributed by atoms with Gasteiger partial charge in [-0.25, -0.2) is 0 Å². The molecule has 1 fully saturated rings. The van der Waals surface area contributed by atoms with Crippen LogP contribution < -0.4 is 5.32 Å². The van der Waals surface area contributed by atoms with E-state index in [1.807, 2.05) is 18.2 Å². The van der Waals surface area contributed by atoms with Crippen LogP contribution in [0.4, 0.5) is 0 Å². The fourth-order valence-corrected chi connectivity index (χ4v) is 3.22. The Morgan fingerprint density at radius 1 is 1.11 bits per heavy atom. The molecule has 0 amide bonds. The molecule has 19 heavy (non-hydrogen) atoms. The van der Waals surface area contributed by atoms with Gasteiger partial charge in [-0.3, -0.25) is 5.32 Å². The smallest absolute Gasteiger partial charge is 0.121 e. The maximum atomic E-state index is 9.40. The summed E-state index contributed by atoms with van der Waals surface area (Å²) in [5.74, 6) is 0. The van der Waals surface area contributed by atoms with Gasteiger partial charge < -0.3 is 0 Å². The Morgan fingerprint density at radius 2 is 1.79 bits per heavy atom. The average molecular weight is 386 g/mol. The number of nitriles is 1. The molecule has 2 rings (SSSR count). The lowest BCUT2D eigenvalue weighted by atomic mass is 10.0. The lowest BCUT2D eigenvalue weighted by Gasteiger charge is -2.20. The fraction of sp³-hybridized carbons (Fsp3) is 0.533. The average Bonchev–Trinajstić information content (AvgIpc) is 2.68. The van der Waals surface area contributed by atoms with Crippen molar-refractivity contribution >= 4 is 31.9 Å². The minimum atomic E-state index is -0.215. The van der Waals surface area contributed by atoms with Crippen molar-refractivity contribution in [1.29, 1.82) is 5.26 Å². The third-order valence-electron chi connectivity index (χ3n) is 3.66. The van der Waals surface area contributed by atoms with Gasteiger partial charge in [-0.15, -0.1) is 0 Å². The van der Waals surface area contributed by atoms with Crippen LogP contribution in [-0.2, 0) is 0 Å². The lowest BCUT2D eigenvalue weighted by Crippen LogP contribution is -2.31. The first-order chi connectivity index (χ1) is 9.20. The highest BCUT2D eigenvalue weighted by Gasteiger charge is 2.18. The minimum absolute atomic E-state index is 0.215. The molecule has 1 saturated carbocycles. The molecule has 0 spiro atoms. The van der Waals surface area contributed by atoms with E-state index in [9.17, 15) is 5.26 Å². The predicted molar refractivity (Wildman–Crippen MR) is 84.8 cm³/mol. The van der Waals surface area contributed by atoms with Crippen LogP contribution in [0.3, 0.4) is 0 Å². The molecule has 2 nitrogen and oxygen atoms in total. The van der Waals surface area contributed by atoms with Crippen LogP contribution in [0.25, 0.3) is 0 Å². The Morgan fingerprint density at radius 3 is 2.37 bits per heavy atom. The van der Waals surface area contributed by atoms with Crippen LogP contribution in [0.15, 0.2) is 27.1 Å². The molecule has 0 heterocycles. The zero-order valence-corrected chi connectivity index (χ0v) is 14.0. The minimum Gasteiger partial charge on any atom is -0.295 e. The van der Waals surface area contributed by atoms with Crippen LogP contribution >= 0.6 is 31.9 Å².